The maximum absolute atomic E-state index is 13.2. The molecule has 0 radical (unpaired) electrons. The van der Waals surface area contributed by atoms with Gasteiger partial charge in [0.2, 0.25) is 0 Å². The van der Waals surface area contributed by atoms with Gasteiger partial charge in [-0.1, -0.05) is 12.1 Å². The van der Waals surface area contributed by atoms with E-state index in [1.54, 1.807) is 13.0 Å². The highest BCUT2D eigenvalue weighted by Crippen LogP contribution is 2.19. The molecule has 0 saturated carbocycles. The zero-order valence-corrected chi connectivity index (χ0v) is 12.3. The number of nitrogens with one attached hydrogen (secondary N) is 1. The van der Waals surface area contributed by atoms with Crippen molar-refractivity contribution >= 4 is 11.5 Å². The van der Waals surface area contributed by atoms with Gasteiger partial charge in [-0.15, -0.1) is 0 Å². The van der Waals surface area contributed by atoms with E-state index < -0.39 is 0 Å². The second-order valence-corrected chi connectivity index (χ2v) is 5.54. The van der Waals surface area contributed by atoms with E-state index >= 15 is 0 Å². The number of hydrogen-bond donors (Lipinski definition) is 1. The number of anilines is 2. The van der Waals surface area contributed by atoms with Crippen molar-refractivity contribution < 1.29 is 4.39 Å². The lowest BCUT2D eigenvalue weighted by molar-refractivity contribution is 0.617. The Labute approximate surface area is 124 Å². The van der Waals surface area contributed by atoms with Gasteiger partial charge in [0.25, 0.3) is 0 Å². The quantitative estimate of drug-likeness (QED) is 0.927. The Hall–Kier alpha value is -2.10. The molecule has 0 spiro atoms. The molecular formula is C17H20FN3. The van der Waals surface area contributed by atoms with Crippen LogP contribution in [0, 0.1) is 12.7 Å². The lowest BCUT2D eigenvalue weighted by Gasteiger charge is -2.16. The van der Waals surface area contributed by atoms with E-state index in [-0.39, 0.29) is 5.82 Å². The summed E-state index contributed by atoms with van der Waals surface area (Å²) in [6.45, 7) is 4.67. The van der Waals surface area contributed by atoms with Crippen LogP contribution >= 0.6 is 0 Å². The molecule has 1 aromatic heterocycles. The number of aryl methyl sites for hydroxylation is 1. The number of rotatable bonds is 4. The standard InChI is InChI=1S/C17H20FN3/c1-13-10-14(4-6-16(13)18)11-19-15-5-7-17(20-12-15)21-8-2-3-9-21/h4-7,10,12,19H,2-3,8-9,11H2,1H3. The first-order valence-corrected chi connectivity index (χ1v) is 7.42. The second-order valence-electron chi connectivity index (χ2n) is 5.54. The summed E-state index contributed by atoms with van der Waals surface area (Å²) >= 11 is 0. The Morgan fingerprint density at radius 2 is 2.00 bits per heavy atom. The number of hydrogen-bond acceptors (Lipinski definition) is 3. The second kappa shape index (κ2) is 6.12. The third-order valence-corrected chi connectivity index (χ3v) is 3.90. The number of aromatic nitrogens is 1. The van der Waals surface area contributed by atoms with Crippen LogP contribution in [0.1, 0.15) is 24.0 Å². The molecule has 0 bridgehead atoms. The highest BCUT2D eigenvalue weighted by atomic mass is 19.1. The molecule has 1 N–H and O–H groups in total. The van der Waals surface area contributed by atoms with Crippen molar-refractivity contribution in [3.8, 4) is 0 Å². The highest BCUT2D eigenvalue weighted by molar-refractivity contribution is 5.49. The number of halogens is 1. The number of benzene rings is 1. The Kier molecular flexibility index (Phi) is 4.04. The Balaban J connectivity index is 1.61. The van der Waals surface area contributed by atoms with Gasteiger partial charge in [0, 0.05) is 19.6 Å². The zero-order valence-electron chi connectivity index (χ0n) is 12.3. The lowest BCUT2D eigenvalue weighted by atomic mass is 10.1. The van der Waals surface area contributed by atoms with E-state index in [1.807, 2.05) is 12.3 Å². The van der Waals surface area contributed by atoms with Gasteiger partial charge in [0.05, 0.1) is 11.9 Å². The first-order chi connectivity index (χ1) is 10.2. The molecule has 1 aliphatic rings. The van der Waals surface area contributed by atoms with E-state index in [0.29, 0.717) is 12.1 Å². The smallest absolute Gasteiger partial charge is 0.128 e. The maximum atomic E-state index is 13.2. The molecule has 0 amide bonds. The van der Waals surface area contributed by atoms with Crippen molar-refractivity contribution in [1.29, 1.82) is 0 Å². The molecule has 0 atom stereocenters. The average Bonchev–Trinajstić information content (AvgIpc) is 3.03. The molecule has 2 aromatic rings. The van der Waals surface area contributed by atoms with Gasteiger partial charge < -0.3 is 10.2 Å². The van der Waals surface area contributed by atoms with Crippen LogP contribution in [0.15, 0.2) is 36.5 Å². The normalized spacial score (nSPS) is 14.5. The average molecular weight is 285 g/mol. The first-order valence-electron chi connectivity index (χ1n) is 7.42. The Morgan fingerprint density at radius 1 is 1.19 bits per heavy atom. The summed E-state index contributed by atoms with van der Waals surface area (Å²) in [5, 5.41) is 3.32. The molecule has 21 heavy (non-hydrogen) atoms. The topological polar surface area (TPSA) is 28.2 Å². The number of nitrogens with zero attached hydrogens (tertiary/aromatic N) is 2. The van der Waals surface area contributed by atoms with Gasteiger partial charge in [0.15, 0.2) is 0 Å². The predicted molar refractivity (Wildman–Crippen MR) is 84.1 cm³/mol. The van der Waals surface area contributed by atoms with Crippen molar-refractivity contribution in [2.24, 2.45) is 0 Å². The van der Waals surface area contributed by atoms with Crippen LogP contribution in [-0.2, 0) is 6.54 Å². The minimum absolute atomic E-state index is 0.157. The van der Waals surface area contributed by atoms with Crippen LogP contribution in [0.3, 0.4) is 0 Å². The Bertz CT molecular complexity index is 604. The molecular weight excluding hydrogens is 265 g/mol. The van der Waals surface area contributed by atoms with Crippen molar-refractivity contribution in [3.63, 3.8) is 0 Å². The summed E-state index contributed by atoms with van der Waals surface area (Å²) < 4.78 is 13.2. The molecule has 3 rings (SSSR count). The Morgan fingerprint density at radius 3 is 2.67 bits per heavy atom. The summed E-state index contributed by atoms with van der Waals surface area (Å²) in [4.78, 5) is 6.82. The molecule has 1 aliphatic heterocycles. The van der Waals surface area contributed by atoms with Crippen LogP contribution in [0.25, 0.3) is 0 Å². The fraction of sp³-hybridized carbons (Fsp3) is 0.353. The van der Waals surface area contributed by atoms with Gasteiger partial charge in [-0.25, -0.2) is 9.37 Å². The van der Waals surface area contributed by atoms with E-state index in [9.17, 15) is 4.39 Å². The predicted octanol–water partition coefficient (Wildman–Crippen LogP) is 3.74. The van der Waals surface area contributed by atoms with E-state index in [1.165, 1.54) is 18.9 Å². The third-order valence-electron chi connectivity index (χ3n) is 3.90. The highest BCUT2D eigenvalue weighted by Gasteiger charge is 2.12. The van der Waals surface area contributed by atoms with Gasteiger partial charge >= 0.3 is 0 Å². The minimum Gasteiger partial charge on any atom is -0.380 e. The molecule has 1 saturated heterocycles. The fourth-order valence-corrected chi connectivity index (χ4v) is 2.64. The first kappa shape index (κ1) is 13.9. The third kappa shape index (κ3) is 3.32. The van der Waals surface area contributed by atoms with Gasteiger partial charge in [-0.3, -0.25) is 0 Å². The van der Waals surface area contributed by atoms with Crippen molar-refractivity contribution in [1.82, 2.24) is 4.98 Å². The summed E-state index contributed by atoms with van der Waals surface area (Å²) in [6, 6.07) is 9.30. The van der Waals surface area contributed by atoms with Crippen LogP contribution in [0.2, 0.25) is 0 Å². The molecule has 4 heteroatoms. The van der Waals surface area contributed by atoms with Crippen molar-refractivity contribution in [3.05, 3.63) is 53.5 Å². The lowest BCUT2D eigenvalue weighted by Crippen LogP contribution is -2.18. The van der Waals surface area contributed by atoms with Gasteiger partial charge in [-0.05, 0) is 49.1 Å². The summed E-state index contributed by atoms with van der Waals surface area (Å²) in [5.41, 5.74) is 2.73. The largest absolute Gasteiger partial charge is 0.380 e. The van der Waals surface area contributed by atoms with E-state index in [2.05, 4.69) is 27.3 Å². The van der Waals surface area contributed by atoms with E-state index in [4.69, 9.17) is 0 Å². The van der Waals surface area contributed by atoms with Crippen LogP contribution in [0.4, 0.5) is 15.9 Å². The monoisotopic (exact) mass is 285 g/mol. The van der Waals surface area contributed by atoms with E-state index in [0.717, 1.165) is 30.2 Å². The molecule has 0 aliphatic carbocycles. The maximum Gasteiger partial charge on any atom is 0.128 e. The van der Waals surface area contributed by atoms with Crippen LogP contribution in [0.5, 0.6) is 0 Å². The minimum atomic E-state index is -0.157. The SMILES string of the molecule is Cc1cc(CNc2ccc(N3CCCC3)nc2)ccc1F. The molecule has 3 nitrogen and oxygen atoms in total. The molecule has 0 unspecified atom stereocenters. The summed E-state index contributed by atoms with van der Waals surface area (Å²) in [6.07, 6.45) is 4.38. The van der Waals surface area contributed by atoms with Crippen molar-refractivity contribution in [2.45, 2.75) is 26.3 Å². The molecule has 2 heterocycles. The van der Waals surface area contributed by atoms with Gasteiger partial charge in [0.1, 0.15) is 11.6 Å². The summed E-state index contributed by atoms with van der Waals surface area (Å²) in [5.74, 6) is 0.894. The van der Waals surface area contributed by atoms with Crippen LogP contribution in [-0.4, -0.2) is 18.1 Å². The summed E-state index contributed by atoms with van der Waals surface area (Å²) in [7, 11) is 0. The fourth-order valence-electron chi connectivity index (χ4n) is 2.64. The van der Waals surface area contributed by atoms with Crippen molar-refractivity contribution in [2.75, 3.05) is 23.3 Å². The number of pyridine rings is 1. The molecule has 110 valence electrons. The molecule has 1 aromatic carbocycles. The van der Waals surface area contributed by atoms with Gasteiger partial charge in [-0.2, -0.15) is 0 Å². The molecule has 1 fully saturated rings. The zero-order chi connectivity index (χ0) is 14.7. The van der Waals surface area contributed by atoms with Crippen LogP contribution < -0.4 is 10.2 Å².